The van der Waals surface area contributed by atoms with Crippen LogP contribution in [-0.2, 0) is 36.3 Å². The number of aliphatic imine (C=N–C) groups is 1. The number of sulfone groups is 1. The van der Waals surface area contributed by atoms with Crippen LogP contribution in [0.1, 0.15) is 37.2 Å². The predicted molar refractivity (Wildman–Crippen MR) is 92.4 cm³/mol. The minimum atomic E-state index is -2.89. The maximum atomic E-state index is 11.5. The van der Waals surface area contributed by atoms with Crippen molar-refractivity contribution in [2.75, 3.05) is 18.6 Å². The maximum Gasteiger partial charge on any atom is 0.191 e. The molecule has 1 fully saturated rings. The van der Waals surface area contributed by atoms with Crippen LogP contribution in [0.4, 0.5) is 0 Å². The van der Waals surface area contributed by atoms with Gasteiger partial charge in [-0.1, -0.05) is 13.8 Å². The van der Waals surface area contributed by atoms with Crippen LogP contribution in [0.15, 0.2) is 4.99 Å². The largest absolute Gasteiger partial charge is 0.353 e. The molecule has 1 unspecified atom stereocenters. The Morgan fingerprint density at radius 1 is 1.39 bits per heavy atom. The topological polar surface area (TPSA) is 88.4 Å². The summed E-state index contributed by atoms with van der Waals surface area (Å²) in [4.78, 5) is 4.20. The molecule has 0 aliphatic carbocycles. The molecule has 0 bridgehead atoms. The second kappa shape index (κ2) is 7.33. The van der Waals surface area contributed by atoms with E-state index in [0.29, 0.717) is 18.9 Å². The molecule has 0 spiro atoms. The first-order chi connectivity index (χ1) is 10.9. The third kappa shape index (κ3) is 4.25. The lowest BCUT2D eigenvalue weighted by Gasteiger charge is -2.16. The van der Waals surface area contributed by atoms with Crippen LogP contribution < -0.4 is 10.6 Å². The Balaban J connectivity index is 2.01. The highest BCUT2D eigenvalue weighted by Crippen LogP contribution is 2.15. The van der Waals surface area contributed by atoms with E-state index in [-0.39, 0.29) is 17.5 Å². The zero-order valence-corrected chi connectivity index (χ0v) is 15.2. The second-order valence-electron chi connectivity index (χ2n) is 5.87. The molecule has 130 valence electrons. The minimum absolute atomic E-state index is 0.0589. The Labute approximate surface area is 138 Å². The smallest absolute Gasteiger partial charge is 0.191 e. The molecule has 1 aliphatic heterocycles. The van der Waals surface area contributed by atoms with E-state index >= 15 is 0 Å². The van der Waals surface area contributed by atoms with Gasteiger partial charge >= 0.3 is 0 Å². The van der Waals surface area contributed by atoms with Gasteiger partial charge in [-0.25, -0.2) is 8.42 Å². The van der Waals surface area contributed by atoms with Crippen LogP contribution in [0.3, 0.4) is 0 Å². The molecule has 2 rings (SSSR count). The third-order valence-electron chi connectivity index (χ3n) is 4.26. The van der Waals surface area contributed by atoms with Crippen LogP contribution in [0, 0.1) is 0 Å². The summed E-state index contributed by atoms with van der Waals surface area (Å²) in [5, 5.41) is 11.1. The molecule has 2 heterocycles. The van der Waals surface area contributed by atoms with Crippen molar-refractivity contribution in [3.05, 3.63) is 17.0 Å². The van der Waals surface area contributed by atoms with Crippen molar-refractivity contribution in [3.8, 4) is 0 Å². The van der Waals surface area contributed by atoms with Crippen LogP contribution in [-0.4, -0.2) is 48.8 Å². The van der Waals surface area contributed by atoms with Crippen LogP contribution >= 0.6 is 0 Å². The number of guanidine groups is 1. The number of aromatic nitrogens is 2. The number of nitrogens with one attached hydrogen (secondary N) is 2. The number of hydrogen-bond acceptors (Lipinski definition) is 4. The molecule has 0 aromatic carbocycles. The second-order valence-corrected chi connectivity index (χ2v) is 8.10. The Kier molecular flexibility index (Phi) is 5.67. The summed E-state index contributed by atoms with van der Waals surface area (Å²) in [5.74, 6) is 1.07. The van der Waals surface area contributed by atoms with Gasteiger partial charge in [-0.3, -0.25) is 9.67 Å². The molecular weight excluding hydrogens is 314 g/mol. The molecule has 1 aromatic rings. The van der Waals surface area contributed by atoms with E-state index in [1.165, 1.54) is 11.3 Å². The molecule has 8 heteroatoms. The first-order valence-electron chi connectivity index (χ1n) is 8.11. The summed E-state index contributed by atoms with van der Waals surface area (Å²) < 4.78 is 25.0. The molecule has 0 radical (unpaired) electrons. The van der Waals surface area contributed by atoms with Gasteiger partial charge in [0.1, 0.15) is 0 Å². The van der Waals surface area contributed by atoms with E-state index in [1.54, 1.807) is 7.05 Å². The highest BCUT2D eigenvalue weighted by molar-refractivity contribution is 7.91. The van der Waals surface area contributed by atoms with E-state index in [4.69, 9.17) is 0 Å². The summed E-state index contributed by atoms with van der Waals surface area (Å²) in [6, 6.07) is -0.0589. The zero-order valence-electron chi connectivity index (χ0n) is 14.4. The standard InChI is InChI=1S/C15H27N5O2S/c1-5-13-12(14(6-2)20(4)19-13)9-17-15(16-3)18-11-7-8-23(21,22)10-11/h11H,5-10H2,1-4H3,(H2,16,17,18). The van der Waals surface area contributed by atoms with Gasteiger partial charge in [0.15, 0.2) is 15.8 Å². The summed E-state index contributed by atoms with van der Waals surface area (Å²) >= 11 is 0. The van der Waals surface area contributed by atoms with Crippen molar-refractivity contribution in [3.63, 3.8) is 0 Å². The first-order valence-corrected chi connectivity index (χ1v) is 9.93. The Morgan fingerprint density at radius 2 is 2.13 bits per heavy atom. The fraction of sp³-hybridized carbons (Fsp3) is 0.733. The van der Waals surface area contributed by atoms with Crippen molar-refractivity contribution < 1.29 is 8.42 Å². The Morgan fingerprint density at radius 3 is 2.65 bits per heavy atom. The fourth-order valence-electron chi connectivity index (χ4n) is 3.06. The van der Waals surface area contributed by atoms with Gasteiger partial charge in [0.05, 0.1) is 17.2 Å². The van der Waals surface area contributed by atoms with E-state index < -0.39 is 9.84 Å². The van der Waals surface area contributed by atoms with Gasteiger partial charge in [-0.05, 0) is 19.3 Å². The monoisotopic (exact) mass is 341 g/mol. The maximum absolute atomic E-state index is 11.5. The molecule has 0 saturated carbocycles. The summed E-state index contributed by atoms with van der Waals surface area (Å²) in [7, 11) is 0.775. The predicted octanol–water partition coefficient (Wildman–Crippen LogP) is 0.397. The van der Waals surface area contributed by atoms with E-state index in [2.05, 4.69) is 34.6 Å². The first kappa shape index (κ1) is 17.8. The molecule has 23 heavy (non-hydrogen) atoms. The van der Waals surface area contributed by atoms with Crippen molar-refractivity contribution in [2.45, 2.75) is 45.7 Å². The molecule has 1 atom stereocenters. The summed E-state index contributed by atoms with van der Waals surface area (Å²) in [5.41, 5.74) is 3.52. The summed E-state index contributed by atoms with van der Waals surface area (Å²) in [6.45, 7) is 4.86. The van der Waals surface area contributed by atoms with Gasteiger partial charge in [-0.15, -0.1) is 0 Å². The number of nitrogens with zero attached hydrogens (tertiary/aromatic N) is 3. The lowest BCUT2D eigenvalue weighted by atomic mass is 10.1. The Bertz CT molecular complexity index is 678. The van der Waals surface area contributed by atoms with Gasteiger partial charge in [0.2, 0.25) is 0 Å². The normalized spacial score (nSPS) is 20.7. The molecule has 1 aromatic heterocycles. The molecule has 1 aliphatic rings. The van der Waals surface area contributed by atoms with Gasteiger partial charge in [0, 0.05) is 37.9 Å². The zero-order chi connectivity index (χ0) is 17.0. The van der Waals surface area contributed by atoms with Gasteiger partial charge in [0.25, 0.3) is 0 Å². The lowest BCUT2D eigenvalue weighted by molar-refractivity contribution is 0.599. The Hall–Kier alpha value is -1.57. The lowest BCUT2D eigenvalue weighted by Crippen LogP contribution is -2.43. The minimum Gasteiger partial charge on any atom is -0.353 e. The van der Waals surface area contributed by atoms with Gasteiger partial charge < -0.3 is 10.6 Å². The van der Waals surface area contributed by atoms with Crippen molar-refractivity contribution in [1.29, 1.82) is 0 Å². The van der Waals surface area contributed by atoms with E-state index in [9.17, 15) is 8.42 Å². The molecule has 2 N–H and O–H groups in total. The average molecular weight is 341 g/mol. The highest BCUT2D eigenvalue weighted by atomic mass is 32.2. The van der Waals surface area contributed by atoms with Crippen LogP contribution in [0.5, 0.6) is 0 Å². The fourth-order valence-corrected chi connectivity index (χ4v) is 4.74. The van der Waals surface area contributed by atoms with Crippen molar-refractivity contribution in [1.82, 2.24) is 20.4 Å². The third-order valence-corrected chi connectivity index (χ3v) is 6.03. The number of aryl methyl sites for hydroxylation is 2. The quantitative estimate of drug-likeness (QED) is 0.598. The SMILES string of the molecule is CCc1nn(C)c(CC)c1CNC(=NC)NC1CCS(=O)(=O)C1. The van der Waals surface area contributed by atoms with Crippen LogP contribution in [0.25, 0.3) is 0 Å². The molecule has 0 amide bonds. The molecule has 1 saturated heterocycles. The van der Waals surface area contributed by atoms with Gasteiger partial charge in [-0.2, -0.15) is 5.10 Å². The van der Waals surface area contributed by atoms with E-state index in [0.717, 1.165) is 18.5 Å². The number of rotatable bonds is 5. The average Bonchev–Trinajstić information content (AvgIpc) is 3.01. The summed E-state index contributed by atoms with van der Waals surface area (Å²) in [6.07, 6.45) is 2.45. The molecule has 7 nitrogen and oxygen atoms in total. The van der Waals surface area contributed by atoms with Crippen molar-refractivity contribution >= 4 is 15.8 Å². The number of hydrogen-bond donors (Lipinski definition) is 2. The highest BCUT2D eigenvalue weighted by Gasteiger charge is 2.28. The van der Waals surface area contributed by atoms with E-state index in [1.807, 2.05) is 11.7 Å². The van der Waals surface area contributed by atoms with Crippen LogP contribution in [0.2, 0.25) is 0 Å². The van der Waals surface area contributed by atoms with Crippen molar-refractivity contribution in [2.24, 2.45) is 12.0 Å². The molecular formula is C15H27N5O2S.